The smallest absolute Gasteiger partial charge is 0.227 e. The first kappa shape index (κ1) is 18.6. The molecule has 0 N–H and O–H groups in total. The van der Waals surface area contributed by atoms with Crippen LogP contribution in [0.3, 0.4) is 0 Å². The fourth-order valence-corrected chi connectivity index (χ4v) is 2.83. The van der Waals surface area contributed by atoms with E-state index in [1.807, 2.05) is 42.5 Å². The van der Waals surface area contributed by atoms with Crippen molar-refractivity contribution in [3.63, 3.8) is 0 Å². The van der Waals surface area contributed by atoms with Gasteiger partial charge in [-0.2, -0.15) is 0 Å². The van der Waals surface area contributed by atoms with E-state index < -0.39 is 0 Å². The third-order valence-corrected chi connectivity index (χ3v) is 4.34. The van der Waals surface area contributed by atoms with Crippen LogP contribution in [0.25, 0.3) is 11.0 Å². The lowest BCUT2D eigenvalue weighted by molar-refractivity contribution is -0.129. The molecule has 0 aliphatic rings. The summed E-state index contributed by atoms with van der Waals surface area (Å²) in [4.78, 5) is 14.3. The second kappa shape index (κ2) is 8.45. The maximum absolute atomic E-state index is 12.6. The maximum atomic E-state index is 12.6. The third kappa shape index (κ3) is 4.50. The first-order chi connectivity index (χ1) is 13.1. The van der Waals surface area contributed by atoms with Gasteiger partial charge in [0.2, 0.25) is 5.91 Å². The Balaban J connectivity index is 1.63. The highest BCUT2D eigenvalue weighted by Gasteiger charge is 2.15. The highest BCUT2D eigenvalue weighted by molar-refractivity contribution is 5.88. The van der Waals surface area contributed by atoms with E-state index in [0.29, 0.717) is 13.2 Å². The van der Waals surface area contributed by atoms with Gasteiger partial charge >= 0.3 is 0 Å². The number of hydrogen-bond donors (Lipinski definition) is 0. The average Bonchev–Trinajstić information content (AvgIpc) is 3.09. The molecule has 0 saturated carbocycles. The molecule has 0 saturated heterocycles. The van der Waals surface area contributed by atoms with Crippen molar-refractivity contribution >= 4 is 16.9 Å². The largest absolute Gasteiger partial charge is 0.497 e. The first-order valence-electron chi connectivity index (χ1n) is 8.71. The minimum atomic E-state index is 0.0282. The SMILES string of the molecule is C=CCOc1ccc(CN(C)C(=O)Cc2coc3cc(OC)ccc23)cc1. The lowest BCUT2D eigenvalue weighted by Crippen LogP contribution is -2.27. The molecule has 3 rings (SSSR count). The van der Waals surface area contributed by atoms with Crippen LogP contribution in [0.5, 0.6) is 11.5 Å². The van der Waals surface area contributed by atoms with Crippen molar-refractivity contribution in [1.29, 1.82) is 0 Å². The molecule has 0 unspecified atom stereocenters. The zero-order chi connectivity index (χ0) is 19.2. The van der Waals surface area contributed by atoms with Crippen LogP contribution in [0.1, 0.15) is 11.1 Å². The molecule has 27 heavy (non-hydrogen) atoms. The molecule has 5 heteroatoms. The molecule has 0 bridgehead atoms. The highest BCUT2D eigenvalue weighted by Crippen LogP contribution is 2.26. The molecule has 140 valence electrons. The van der Waals surface area contributed by atoms with Gasteiger partial charge in [0, 0.05) is 30.6 Å². The minimum absolute atomic E-state index is 0.0282. The van der Waals surface area contributed by atoms with Crippen molar-refractivity contribution < 1.29 is 18.7 Å². The number of hydrogen-bond acceptors (Lipinski definition) is 4. The van der Waals surface area contributed by atoms with Gasteiger partial charge in [-0.25, -0.2) is 0 Å². The van der Waals surface area contributed by atoms with Crippen LogP contribution in [-0.2, 0) is 17.8 Å². The van der Waals surface area contributed by atoms with Gasteiger partial charge in [-0.1, -0.05) is 24.8 Å². The number of rotatable bonds is 8. The van der Waals surface area contributed by atoms with E-state index in [4.69, 9.17) is 13.9 Å². The number of benzene rings is 2. The molecule has 1 aromatic heterocycles. The third-order valence-electron chi connectivity index (χ3n) is 4.34. The van der Waals surface area contributed by atoms with Gasteiger partial charge < -0.3 is 18.8 Å². The molecule has 0 atom stereocenters. The standard InChI is InChI=1S/C22H23NO4/c1-4-11-26-18-7-5-16(6-8-18)14-23(2)22(24)12-17-15-27-21-13-19(25-3)9-10-20(17)21/h4-10,13,15H,1,11-12,14H2,2-3H3. The summed E-state index contributed by atoms with van der Waals surface area (Å²) in [5.74, 6) is 1.54. The van der Waals surface area contributed by atoms with Gasteiger partial charge in [-0.05, 0) is 29.8 Å². The predicted molar refractivity (Wildman–Crippen MR) is 105 cm³/mol. The highest BCUT2D eigenvalue weighted by atomic mass is 16.5. The van der Waals surface area contributed by atoms with E-state index in [1.165, 1.54) is 0 Å². The van der Waals surface area contributed by atoms with Crippen LogP contribution in [-0.4, -0.2) is 31.6 Å². The Morgan fingerprint density at radius 1 is 1.19 bits per heavy atom. The van der Waals surface area contributed by atoms with Crippen LogP contribution < -0.4 is 9.47 Å². The number of ether oxygens (including phenoxy) is 2. The van der Waals surface area contributed by atoms with Crippen LogP contribution in [0.15, 0.2) is 65.8 Å². The monoisotopic (exact) mass is 365 g/mol. The summed E-state index contributed by atoms with van der Waals surface area (Å²) < 4.78 is 16.2. The van der Waals surface area contributed by atoms with Gasteiger partial charge in [-0.15, -0.1) is 0 Å². The summed E-state index contributed by atoms with van der Waals surface area (Å²) in [7, 11) is 3.41. The van der Waals surface area contributed by atoms with Crippen molar-refractivity contribution in [3.8, 4) is 11.5 Å². The molecule has 0 fully saturated rings. The fraction of sp³-hybridized carbons (Fsp3) is 0.227. The first-order valence-corrected chi connectivity index (χ1v) is 8.71. The van der Waals surface area contributed by atoms with E-state index in [-0.39, 0.29) is 12.3 Å². The Kier molecular flexibility index (Phi) is 5.81. The van der Waals surface area contributed by atoms with E-state index in [1.54, 1.807) is 31.4 Å². The Morgan fingerprint density at radius 3 is 2.63 bits per heavy atom. The Bertz CT molecular complexity index is 927. The molecule has 0 spiro atoms. The number of fused-ring (bicyclic) bond motifs is 1. The lowest BCUT2D eigenvalue weighted by Gasteiger charge is -2.17. The normalized spacial score (nSPS) is 10.6. The molecular weight excluding hydrogens is 342 g/mol. The van der Waals surface area contributed by atoms with E-state index in [9.17, 15) is 4.79 Å². The van der Waals surface area contributed by atoms with Crippen molar-refractivity contribution in [2.45, 2.75) is 13.0 Å². The van der Waals surface area contributed by atoms with Crippen molar-refractivity contribution in [2.24, 2.45) is 0 Å². The van der Waals surface area contributed by atoms with Gasteiger partial charge in [0.25, 0.3) is 0 Å². The second-order valence-electron chi connectivity index (χ2n) is 6.29. The zero-order valence-electron chi connectivity index (χ0n) is 15.6. The molecule has 1 heterocycles. The number of furan rings is 1. The molecule has 0 radical (unpaired) electrons. The Hall–Kier alpha value is -3.21. The Labute approximate surface area is 158 Å². The minimum Gasteiger partial charge on any atom is -0.497 e. The maximum Gasteiger partial charge on any atom is 0.227 e. The number of nitrogens with zero attached hydrogens (tertiary/aromatic N) is 1. The van der Waals surface area contributed by atoms with E-state index >= 15 is 0 Å². The summed E-state index contributed by atoms with van der Waals surface area (Å²) in [6.07, 6.45) is 3.63. The molecule has 1 amide bonds. The summed E-state index contributed by atoms with van der Waals surface area (Å²) in [5.41, 5.74) is 2.63. The average molecular weight is 365 g/mol. The molecule has 0 aliphatic carbocycles. The zero-order valence-corrected chi connectivity index (χ0v) is 15.6. The fourth-order valence-electron chi connectivity index (χ4n) is 2.83. The van der Waals surface area contributed by atoms with Crippen LogP contribution in [0.4, 0.5) is 0 Å². The van der Waals surface area contributed by atoms with Gasteiger partial charge in [0.05, 0.1) is 19.8 Å². The summed E-state index contributed by atoms with van der Waals surface area (Å²) in [6.45, 7) is 4.63. The number of carbonyl (C=O) groups excluding carboxylic acids is 1. The van der Waals surface area contributed by atoms with E-state index in [0.717, 1.165) is 33.6 Å². The lowest BCUT2D eigenvalue weighted by atomic mass is 10.1. The van der Waals surface area contributed by atoms with Crippen molar-refractivity contribution in [1.82, 2.24) is 4.90 Å². The predicted octanol–water partition coefficient (Wildman–Crippen LogP) is 4.21. The Morgan fingerprint density at radius 2 is 1.93 bits per heavy atom. The molecule has 2 aromatic carbocycles. The number of amides is 1. The van der Waals surface area contributed by atoms with Crippen LogP contribution in [0, 0.1) is 0 Å². The number of likely N-dealkylation sites (N-methyl/N-ethyl adjacent to an activating group) is 1. The molecule has 0 aliphatic heterocycles. The van der Waals surface area contributed by atoms with Crippen molar-refractivity contribution in [3.05, 3.63) is 72.5 Å². The summed E-state index contributed by atoms with van der Waals surface area (Å²) in [5, 5.41) is 0.932. The van der Waals surface area contributed by atoms with Crippen LogP contribution >= 0.6 is 0 Å². The second-order valence-corrected chi connectivity index (χ2v) is 6.29. The van der Waals surface area contributed by atoms with Gasteiger partial charge in [-0.3, -0.25) is 4.79 Å². The molecule has 5 nitrogen and oxygen atoms in total. The van der Waals surface area contributed by atoms with Crippen LogP contribution in [0.2, 0.25) is 0 Å². The number of methoxy groups -OCH3 is 1. The van der Waals surface area contributed by atoms with E-state index in [2.05, 4.69) is 6.58 Å². The molecule has 3 aromatic rings. The van der Waals surface area contributed by atoms with Gasteiger partial charge in [0.1, 0.15) is 23.7 Å². The number of carbonyl (C=O) groups is 1. The van der Waals surface area contributed by atoms with Gasteiger partial charge in [0.15, 0.2) is 0 Å². The summed E-state index contributed by atoms with van der Waals surface area (Å²) >= 11 is 0. The topological polar surface area (TPSA) is 51.9 Å². The molecular formula is C22H23NO4. The summed E-state index contributed by atoms with van der Waals surface area (Å²) in [6, 6.07) is 13.3. The quantitative estimate of drug-likeness (QED) is 0.561. The van der Waals surface area contributed by atoms with Crippen molar-refractivity contribution in [2.75, 3.05) is 20.8 Å².